The Morgan fingerprint density at radius 2 is 2.06 bits per heavy atom. The molecule has 1 rings (SSSR count). The average Bonchev–Trinajstić information content (AvgIpc) is 2.34. The second-order valence-electron chi connectivity index (χ2n) is 4.40. The Hall–Kier alpha value is -0.460. The predicted octanol–water partition coefficient (Wildman–Crippen LogP) is -0.752. The quantitative estimate of drug-likeness (QED) is 0.683. The topological polar surface area (TPSA) is 66.6 Å². The van der Waals surface area contributed by atoms with E-state index in [1.165, 1.54) is 0 Å². The largest absolute Gasteiger partial charge is 0.346 e. The van der Waals surface area contributed by atoms with Gasteiger partial charge in [0.25, 0.3) is 0 Å². The Morgan fingerprint density at radius 1 is 1.41 bits per heavy atom. The predicted molar refractivity (Wildman–Crippen MR) is 70.2 cm³/mol. The first-order valence-electron chi connectivity index (χ1n) is 6.15. The lowest BCUT2D eigenvalue weighted by atomic mass is 10.3. The van der Waals surface area contributed by atoms with E-state index < -0.39 is 10.8 Å². The van der Waals surface area contributed by atoms with Crippen molar-refractivity contribution < 1.29 is 9.00 Å². The van der Waals surface area contributed by atoms with Gasteiger partial charge in [-0.2, -0.15) is 0 Å². The molecule has 0 radical (unpaired) electrons. The maximum Gasteiger partial charge on any atom is 0.223 e. The summed E-state index contributed by atoms with van der Waals surface area (Å²) in [5.41, 5.74) is 5.41. The zero-order chi connectivity index (χ0) is 12.7. The first-order valence-corrected chi connectivity index (χ1v) is 7.63. The number of hydrogen-bond donors (Lipinski definition) is 1. The molecule has 1 fully saturated rings. The summed E-state index contributed by atoms with van der Waals surface area (Å²) in [6, 6.07) is 0. The number of carbonyl (C=O) groups excluding carboxylic acids is 1. The van der Waals surface area contributed by atoms with Crippen LogP contribution in [0.5, 0.6) is 0 Å². The molecule has 5 nitrogen and oxygen atoms in total. The Kier molecular flexibility index (Phi) is 6.69. The molecular formula is C11H23N3O2S. The van der Waals surface area contributed by atoms with Crippen LogP contribution in [0.4, 0.5) is 0 Å². The van der Waals surface area contributed by atoms with Crippen molar-refractivity contribution in [2.24, 2.45) is 5.73 Å². The van der Waals surface area contributed by atoms with Crippen LogP contribution in [-0.2, 0) is 15.6 Å². The van der Waals surface area contributed by atoms with Gasteiger partial charge in [-0.1, -0.05) is 0 Å². The SMILES string of the molecule is CN(CCCN)C(=O)CCN1CCS(=O)CC1. The van der Waals surface area contributed by atoms with Crippen LogP contribution in [0.1, 0.15) is 12.8 Å². The van der Waals surface area contributed by atoms with Crippen molar-refractivity contribution in [2.75, 3.05) is 51.3 Å². The van der Waals surface area contributed by atoms with Gasteiger partial charge in [-0.25, -0.2) is 0 Å². The van der Waals surface area contributed by atoms with E-state index in [0.717, 1.165) is 44.1 Å². The number of nitrogens with zero attached hydrogens (tertiary/aromatic N) is 2. The molecule has 1 heterocycles. The van der Waals surface area contributed by atoms with Gasteiger partial charge in [-0.15, -0.1) is 0 Å². The molecule has 0 aromatic rings. The fourth-order valence-corrected chi connectivity index (χ4v) is 2.92. The van der Waals surface area contributed by atoms with Crippen LogP contribution in [0, 0.1) is 0 Å². The molecule has 100 valence electrons. The average molecular weight is 261 g/mol. The molecule has 6 heteroatoms. The Balaban J connectivity index is 2.16. The number of rotatable bonds is 6. The maximum atomic E-state index is 11.8. The first-order chi connectivity index (χ1) is 8.13. The van der Waals surface area contributed by atoms with Crippen molar-refractivity contribution >= 4 is 16.7 Å². The van der Waals surface area contributed by atoms with Gasteiger partial charge in [0.15, 0.2) is 0 Å². The molecule has 0 aromatic heterocycles. The molecule has 0 atom stereocenters. The highest BCUT2D eigenvalue weighted by Gasteiger charge is 2.16. The van der Waals surface area contributed by atoms with Crippen LogP contribution in [0.25, 0.3) is 0 Å². The fourth-order valence-electron chi connectivity index (χ4n) is 1.80. The summed E-state index contributed by atoms with van der Waals surface area (Å²) in [6.45, 7) is 3.84. The van der Waals surface area contributed by atoms with Crippen LogP contribution in [0.3, 0.4) is 0 Å². The molecular weight excluding hydrogens is 238 g/mol. The molecule has 1 amide bonds. The highest BCUT2D eigenvalue weighted by Crippen LogP contribution is 2.02. The van der Waals surface area contributed by atoms with Crippen LogP contribution in [0.2, 0.25) is 0 Å². The van der Waals surface area contributed by atoms with E-state index in [2.05, 4.69) is 4.90 Å². The second-order valence-corrected chi connectivity index (χ2v) is 6.09. The summed E-state index contributed by atoms with van der Waals surface area (Å²) < 4.78 is 11.2. The van der Waals surface area contributed by atoms with Crippen LogP contribution in [-0.4, -0.2) is 71.2 Å². The normalized spacial score (nSPS) is 18.2. The lowest BCUT2D eigenvalue weighted by Gasteiger charge is -2.26. The minimum atomic E-state index is -0.639. The lowest BCUT2D eigenvalue weighted by molar-refractivity contribution is -0.130. The van der Waals surface area contributed by atoms with E-state index in [0.29, 0.717) is 13.0 Å². The third-order valence-corrected chi connectivity index (χ3v) is 4.31. The molecule has 0 unspecified atom stereocenters. The molecule has 0 saturated carbocycles. The minimum Gasteiger partial charge on any atom is -0.346 e. The maximum absolute atomic E-state index is 11.8. The molecule has 0 spiro atoms. The Labute approximate surface area is 106 Å². The fraction of sp³-hybridized carbons (Fsp3) is 0.909. The van der Waals surface area contributed by atoms with Crippen molar-refractivity contribution in [1.29, 1.82) is 0 Å². The molecule has 0 aromatic carbocycles. The summed E-state index contributed by atoms with van der Waals surface area (Å²) in [5, 5.41) is 0. The van der Waals surface area contributed by atoms with E-state index >= 15 is 0 Å². The van der Waals surface area contributed by atoms with E-state index in [1.807, 2.05) is 7.05 Å². The first kappa shape index (κ1) is 14.6. The van der Waals surface area contributed by atoms with E-state index in [4.69, 9.17) is 5.73 Å². The second kappa shape index (κ2) is 7.79. The van der Waals surface area contributed by atoms with Crippen molar-refractivity contribution in [3.05, 3.63) is 0 Å². The number of carbonyl (C=O) groups is 1. The molecule has 1 aliphatic rings. The van der Waals surface area contributed by atoms with Gasteiger partial charge < -0.3 is 15.5 Å². The highest BCUT2D eigenvalue weighted by molar-refractivity contribution is 7.85. The van der Waals surface area contributed by atoms with Crippen LogP contribution in [0.15, 0.2) is 0 Å². The van der Waals surface area contributed by atoms with E-state index in [9.17, 15) is 9.00 Å². The molecule has 2 N–H and O–H groups in total. The van der Waals surface area contributed by atoms with Crippen LogP contribution >= 0.6 is 0 Å². The van der Waals surface area contributed by atoms with Crippen molar-refractivity contribution in [3.8, 4) is 0 Å². The van der Waals surface area contributed by atoms with Gasteiger partial charge in [-0.3, -0.25) is 9.00 Å². The zero-order valence-electron chi connectivity index (χ0n) is 10.6. The summed E-state index contributed by atoms with van der Waals surface area (Å²) in [5.74, 6) is 1.67. The van der Waals surface area contributed by atoms with Crippen LogP contribution < -0.4 is 5.73 Å². The minimum absolute atomic E-state index is 0.171. The van der Waals surface area contributed by atoms with E-state index in [1.54, 1.807) is 4.90 Å². The van der Waals surface area contributed by atoms with Gasteiger partial charge >= 0.3 is 0 Å². The number of hydrogen-bond acceptors (Lipinski definition) is 4. The Morgan fingerprint density at radius 3 is 2.65 bits per heavy atom. The lowest BCUT2D eigenvalue weighted by Crippen LogP contribution is -2.40. The summed E-state index contributed by atoms with van der Waals surface area (Å²) in [4.78, 5) is 15.7. The van der Waals surface area contributed by atoms with Crippen molar-refractivity contribution in [2.45, 2.75) is 12.8 Å². The van der Waals surface area contributed by atoms with E-state index in [-0.39, 0.29) is 5.91 Å². The van der Waals surface area contributed by atoms with Crippen molar-refractivity contribution in [1.82, 2.24) is 9.80 Å². The highest BCUT2D eigenvalue weighted by atomic mass is 32.2. The third-order valence-electron chi connectivity index (χ3n) is 3.04. The summed E-state index contributed by atoms with van der Waals surface area (Å²) in [7, 11) is 1.18. The third kappa shape index (κ3) is 5.61. The van der Waals surface area contributed by atoms with Gasteiger partial charge in [0.1, 0.15) is 0 Å². The molecule has 1 saturated heterocycles. The summed E-state index contributed by atoms with van der Waals surface area (Å²) in [6.07, 6.45) is 1.40. The smallest absolute Gasteiger partial charge is 0.223 e. The zero-order valence-corrected chi connectivity index (χ0v) is 11.4. The van der Waals surface area contributed by atoms with Gasteiger partial charge in [0.05, 0.1) is 0 Å². The monoisotopic (exact) mass is 261 g/mol. The number of amides is 1. The number of nitrogens with two attached hydrogens (primary N) is 1. The summed E-state index contributed by atoms with van der Waals surface area (Å²) >= 11 is 0. The standard InChI is InChI=1S/C11H23N3O2S/c1-13(5-2-4-12)11(15)3-6-14-7-9-17(16)10-8-14/h2-10,12H2,1H3. The molecule has 0 aliphatic carbocycles. The Bertz CT molecular complexity index is 263. The molecule has 17 heavy (non-hydrogen) atoms. The van der Waals surface area contributed by atoms with Gasteiger partial charge in [0.2, 0.25) is 5.91 Å². The van der Waals surface area contributed by atoms with Crippen molar-refractivity contribution in [3.63, 3.8) is 0 Å². The van der Waals surface area contributed by atoms with Gasteiger partial charge in [0, 0.05) is 62.0 Å². The molecule has 1 aliphatic heterocycles. The molecule has 0 bridgehead atoms. The van der Waals surface area contributed by atoms with Gasteiger partial charge in [-0.05, 0) is 13.0 Å².